The molecule has 1 amide bonds. The number of hydrogen-bond acceptors (Lipinski definition) is 9. The zero-order chi connectivity index (χ0) is 26.8. The van der Waals surface area contributed by atoms with Crippen molar-refractivity contribution in [2.75, 3.05) is 4.90 Å². The molecule has 1 N–H and O–H groups in total. The first-order valence-corrected chi connectivity index (χ1v) is 12.9. The first-order valence-electron chi connectivity index (χ1n) is 11.1. The van der Waals surface area contributed by atoms with Crippen LogP contribution in [0.2, 0.25) is 0 Å². The summed E-state index contributed by atoms with van der Waals surface area (Å²) in [5.41, 5.74) is 1.11. The Balaban J connectivity index is 1.56. The lowest BCUT2D eigenvalue weighted by Gasteiger charge is -2.22. The monoisotopic (exact) mass is 548 g/mol. The summed E-state index contributed by atoms with van der Waals surface area (Å²) in [4.78, 5) is 38.2. The minimum atomic E-state index is -1.14. The molecule has 5 rings (SSSR count). The van der Waals surface area contributed by atoms with Gasteiger partial charge in [-0.25, -0.2) is 4.39 Å². The van der Waals surface area contributed by atoms with E-state index in [9.17, 15) is 29.2 Å². The van der Waals surface area contributed by atoms with Gasteiger partial charge in [-0.15, -0.1) is 10.2 Å². The number of hydrogen-bond donors (Lipinski definition) is 1. The van der Waals surface area contributed by atoms with Gasteiger partial charge in [-0.2, -0.15) is 0 Å². The maximum atomic E-state index is 13.5. The molecule has 1 aromatic heterocycles. The van der Waals surface area contributed by atoms with Gasteiger partial charge in [0.15, 0.2) is 4.34 Å². The number of Topliss-reactive ketones (excluding diaryl/α,β-unsaturated/α-hetero) is 1. The highest BCUT2D eigenvalue weighted by Gasteiger charge is 2.48. The first-order chi connectivity index (χ1) is 18.3. The fourth-order valence-corrected chi connectivity index (χ4v) is 5.79. The summed E-state index contributed by atoms with van der Waals surface area (Å²) in [5.74, 6) is -2.33. The molecule has 0 radical (unpaired) electrons. The van der Waals surface area contributed by atoms with Crippen LogP contribution in [-0.4, -0.2) is 31.9 Å². The number of aliphatic hydroxyl groups is 1. The third-order valence-corrected chi connectivity index (χ3v) is 7.92. The molecule has 9 nitrogen and oxygen atoms in total. The molecule has 0 aliphatic carbocycles. The fraction of sp³-hybridized carbons (Fsp3) is 0.0769. The Hall–Kier alpha value is -4.42. The highest BCUT2D eigenvalue weighted by Crippen LogP contribution is 2.44. The van der Waals surface area contributed by atoms with Crippen LogP contribution in [0.3, 0.4) is 0 Å². The molecule has 12 heteroatoms. The van der Waals surface area contributed by atoms with Gasteiger partial charge in [-0.05, 0) is 47.5 Å². The number of rotatable bonds is 7. The fourth-order valence-electron chi connectivity index (χ4n) is 3.96. The number of halogens is 1. The third kappa shape index (κ3) is 4.91. The molecule has 4 aromatic rings. The largest absolute Gasteiger partial charge is 0.507 e. The van der Waals surface area contributed by atoms with Crippen molar-refractivity contribution >= 4 is 51.4 Å². The van der Waals surface area contributed by atoms with Crippen molar-refractivity contribution in [2.45, 2.75) is 16.1 Å². The van der Waals surface area contributed by atoms with Crippen LogP contribution in [0.1, 0.15) is 22.7 Å². The van der Waals surface area contributed by atoms with Crippen LogP contribution < -0.4 is 4.90 Å². The summed E-state index contributed by atoms with van der Waals surface area (Å²) in [7, 11) is 0. The van der Waals surface area contributed by atoms with Crippen molar-refractivity contribution in [2.24, 2.45) is 0 Å². The number of carbonyl (C=O) groups excluding carboxylic acids is 2. The average molecular weight is 549 g/mol. The van der Waals surface area contributed by atoms with Crippen LogP contribution in [0, 0.1) is 15.9 Å². The van der Waals surface area contributed by atoms with Gasteiger partial charge in [0.25, 0.3) is 11.5 Å². The normalized spacial score (nSPS) is 16.7. The van der Waals surface area contributed by atoms with Crippen molar-refractivity contribution in [3.05, 3.63) is 117 Å². The Morgan fingerprint density at radius 2 is 1.71 bits per heavy atom. The second-order valence-corrected chi connectivity index (χ2v) is 10.3. The van der Waals surface area contributed by atoms with E-state index in [0.29, 0.717) is 15.7 Å². The maximum absolute atomic E-state index is 13.5. The third-order valence-electron chi connectivity index (χ3n) is 5.79. The van der Waals surface area contributed by atoms with E-state index in [0.717, 1.165) is 33.9 Å². The minimum absolute atomic E-state index is 0.129. The number of aromatic nitrogens is 2. The molecule has 2 heterocycles. The minimum Gasteiger partial charge on any atom is -0.507 e. The number of nitro benzene ring substituents is 1. The maximum Gasteiger partial charge on any atom is 0.301 e. The standard InChI is InChI=1S/C26H17FN4O5S2/c27-18-10-6-17(7-11-18)22(32)20-21(16-8-12-19(13-9-16)31(35)36)30(24(34)23(20)33)25-28-29-26(38-25)37-14-15-4-2-1-3-5-15/h1-13,21,32H,14H2/b22-20-. The number of nitro groups is 1. The van der Waals surface area contributed by atoms with Gasteiger partial charge >= 0.3 is 5.91 Å². The zero-order valence-electron chi connectivity index (χ0n) is 19.4. The average Bonchev–Trinajstić information content (AvgIpc) is 3.50. The molecule has 1 saturated heterocycles. The number of non-ortho nitro benzene ring substituents is 1. The number of aliphatic hydroxyl groups excluding tert-OH is 1. The lowest BCUT2D eigenvalue weighted by molar-refractivity contribution is -0.384. The molecule has 1 aliphatic rings. The van der Waals surface area contributed by atoms with Crippen LogP contribution >= 0.6 is 23.1 Å². The number of nitrogens with zero attached hydrogens (tertiary/aromatic N) is 4. The van der Waals surface area contributed by atoms with E-state index >= 15 is 0 Å². The van der Waals surface area contributed by atoms with E-state index < -0.39 is 34.2 Å². The summed E-state index contributed by atoms with van der Waals surface area (Å²) >= 11 is 2.52. The van der Waals surface area contributed by atoms with Gasteiger partial charge in [0.1, 0.15) is 11.6 Å². The predicted molar refractivity (Wildman–Crippen MR) is 140 cm³/mol. The number of amides is 1. The molecule has 1 unspecified atom stereocenters. The molecule has 1 aliphatic heterocycles. The van der Waals surface area contributed by atoms with Crippen LogP contribution in [0.25, 0.3) is 5.76 Å². The molecular formula is C26H17FN4O5S2. The summed E-state index contributed by atoms with van der Waals surface area (Å²) < 4.78 is 14.0. The van der Waals surface area contributed by atoms with E-state index in [-0.39, 0.29) is 22.0 Å². The SMILES string of the molecule is O=C1C(=O)N(c2nnc(SCc3ccccc3)s2)C(c2ccc([N+](=O)[O-])cc2)/C1=C(/O)c1ccc(F)cc1. The first kappa shape index (κ1) is 25.2. The number of carbonyl (C=O) groups is 2. The Bertz CT molecular complexity index is 1560. The van der Waals surface area contributed by atoms with Gasteiger partial charge in [-0.1, -0.05) is 53.4 Å². The Morgan fingerprint density at radius 3 is 2.37 bits per heavy atom. The molecule has 0 saturated carbocycles. The molecule has 1 fully saturated rings. The van der Waals surface area contributed by atoms with Gasteiger partial charge in [0, 0.05) is 23.4 Å². The van der Waals surface area contributed by atoms with E-state index in [1.54, 1.807) is 0 Å². The molecular weight excluding hydrogens is 531 g/mol. The summed E-state index contributed by atoms with van der Waals surface area (Å²) in [5, 5.41) is 30.6. The molecule has 3 aromatic carbocycles. The van der Waals surface area contributed by atoms with Crippen molar-refractivity contribution in [3.8, 4) is 0 Å². The quantitative estimate of drug-likeness (QED) is 0.0610. The summed E-state index contributed by atoms with van der Waals surface area (Å²) in [6.07, 6.45) is 0. The zero-order valence-corrected chi connectivity index (χ0v) is 21.0. The number of ketones is 1. The Labute approximate surface area is 223 Å². The Morgan fingerprint density at radius 1 is 1.03 bits per heavy atom. The summed E-state index contributed by atoms with van der Waals surface area (Å²) in [6.45, 7) is 0. The van der Waals surface area contributed by atoms with Gasteiger partial charge in [0.05, 0.1) is 16.5 Å². The Kier molecular flexibility index (Phi) is 6.99. The molecule has 0 bridgehead atoms. The number of benzene rings is 3. The van der Waals surface area contributed by atoms with Gasteiger partial charge < -0.3 is 5.11 Å². The number of thioether (sulfide) groups is 1. The lowest BCUT2D eigenvalue weighted by Crippen LogP contribution is -2.29. The van der Waals surface area contributed by atoms with Crippen molar-refractivity contribution in [1.82, 2.24) is 10.2 Å². The van der Waals surface area contributed by atoms with E-state index in [2.05, 4.69) is 10.2 Å². The van der Waals surface area contributed by atoms with Gasteiger partial charge in [-0.3, -0.25) is 24.6 Å². The van der Waals surface area contributed by atoms with Crippen LogP contribution in [0.4, 0.5) is 15.2 Å². The smallest absolute Gasteiger partial charge is 0.301 e. The van der Waals surface area contributed by atoms with Crippen molar-refractivity contribution < 1.29 is 24.0 Å². The molecule has 38 heavy (non-hydrogen) atoms. The van der Waals surface area contributed by atoms with Crippen LogP contribution in [-0.2, 0) is 15.3 Å². The highest BCUT2D eigenvalue weighted by atomic mass is 32.2. The second kappa shape index (κ2) is 10.5. The van der Waals surface area contributed by atoms with Crippen LogP contribution in [0.5, 0.6) is 0 Å². The van der Waals surface area contributed by atoms with E-state index in [1.165, 1.54) is 48.2 Å². The number of anilines is 1. The summed E-state index contributed by atoms with van der Waals surface area (Å²) in [6, 6.07) is 18.7. The molecule has 0 spiro atoms. The topological polar surface area (TPSA) is 127 Å². The molecule has 1 atom stereocenters. The van der Waals surface area contributed by atoms with E-state index in [4.69, 9.17) is 0 Å². The van der Waals surface area contributed by atoms with Gasteiger partial charge in [0.2, 0.25) is 5.13 Å². The second-order valence-electron chi connectivity index (χ2n) is 8.15. The van der Waals surface area contributed by atoms with Crippen LogP contribution in [0.15, 0.2) is 88.8 Å². The molecule has 190 valence electrons. The van der Waals surface area contributed by atoms with E-state index in [1.807, 2.05) is 30.3 Å². The lowest BCUT2D eigenvalue weighted by atomic mass is 9.95. The van der Waals surface area contributed by atoms with Crippen molar-refractivity contribution in [1.29, 1.82) is 0 Å². The van der Waals surface area contributed by atoms with Crippen molar-refractivity contribution in [3.63, 3.8) is 0 Å². The highest BCUT2D eigenvalue weighted by molar-refractivity contribution is 8.00. The predicted octanol–water partition coefficient (Wildman–Crippen LogP) is 5.50.